The monoisotopic (exact) mass is 296 g/mol. The summed E-state index contributed by atoms with van der Waals surface area (Å²) in [5.41, 5.74) is 0. The fraction of sp³-hybridized carbons (Fsp3) is 0.938. The Balaban J connectivity index is 1.29. The highest BCUT2D eigenvalue weighted by molar-refractivity contribution is 5.85. The lowest BCUT2D eigenvalue weighted by Gasteiger charge is -2.29. The van der Waals surface area contributed by atoms with Crippen LogP contribution in [-0.2, 0) is 14.3 Å². The first-order valence-electron chi connectivity index (χ1n) is 8.30. The van der Waals surface area contributed by atoms with Crippen molar-refractivity contribution in [2.24, 2.45) is 11.8 Å². The molecule has 2 saturated heterocycles. The quantitative estimate of drug-likeness (QED) is 0.587. The Morgan fingerprint density at radius 3 is 2.10 bits per heavy atom. The van der Waals surface area contributed by atoms with Crippen LogP contribution in [0.5, 0.6) is 0 Å². The van der Waals surface area contributed by atoms with Gasteiger partial charge in [0.1, 0.15) is 0 Å². The van der Waals surface area contributed by atoms with Gasteiger partial charge in [-0.05, 0) is 50.4 Å². The molecule has 0 radical (unpaired) electrons. The number of epoxide rings is 2. The van der Waals surface area contributed by atoms with Crippen molar-refractivity contribution in [1.29, 1.82) is 0 Å². The Labute approximate surface area is 124 Å². The summed E-state index contributed by atoms with van der Waals surface area (Å²) in [6.45, 7) is 0. The van der Waals surface area contributed by atoms with Gasteiger partial charge >= 0.3 is 0 Å². The smallest absolute Gasteiger partial charge is 0.224 e. The molecule has 2 aliphatic carbocycles. The number of carbonyl (C=O) groups is 1. The summed E-state index contributed by atoms with van der Waals surface area (Å²) >= 11 is 0. The van der Waals surface area contributed by atoms with Gasteiger partial charge in [-0.25, -0.2) is 0 Å². The molecule has 6 unspecified atom stereocenters. The zero-order valence-corrected chi connectivity index (χ0v) is 12.2. The molecular weight excluding hydrogens is 272 g/mol. The molecule has 4 rings (SSSR count). The molecule has 4 fully saturated rings. The highest BCUT2D eigenvalue weighted by Crippen LogP contribution is 2.43. The summed E-state index contributed by atoms with van der Waals surface area (Å²) in [6.07, 6.45) is 7.52. The third kappa shape index (κ3) is 3.02. The largest absolute Gasteiger partial charge is 0.370 e. The van der Waals surface area contributed by atoms with Crippen molar-refractivity contribution in [3.8, 4) is 0 Å². The van der Waals surface area contributed by atoms with Gasteiger partial charge in [-0.3, -0.25) is 4.79 Å². The lowest BCUT2D eigenvalue weighted by Crippen LogP contribution is -2.42. The van der Waals surface area contributed by atoms with Gasteiger partial charge in [0.05, 0.1) is 24.4 Å². The van der Waals surface area contributed by atoms with Crippen molar-refractivity contribution in [2.45, 2.75) is 81.6 Å². The second-order valence-electron chi connectivity index (χ2n) is 7.43. The third-order valence-electron chi connectivity index (χ3n) is 5.72. The fourth-order valence-corrected chi connectivity index (χ4v) is 4.29. The number of ketones is 1. The first-order valence-corrected chi connectivity index (χ1v) is 8.30. The van der Waals surface area contributed by atoms with E-state index < -0.39 is 11.6 Å². The molecule has 2 heterocycles. The SMILES string of the molecule is O=C(CC1CCC2OC2C1)C(O)(O)CC1CCC2OC2C1. The third-order valence-corrected chi connectivity index (χ3v) is 5.72. The molecule has 5 heteroatoms. The molecule has 21 heavy (non-hydrogen) atoms. The molecule has 6 atom stereocenters. The lowest BCUT2D eigenvalue weighted by atomic mass is 9.80. The highest BCUT2D eigenvalue weighted by Gasteiger charge is 2.48. The minimum atomic E-state index is -2.16. The van der Waals surface area contributed by atoms with Crippen molar-refractivity contribution in [3.05, 3.63) is 0 Å². The number of carbonyl (C=O) groups excluding carboxylic acids is 1. The van der Waals surface area contributed by atoms with Crippen LogP contribution in [0.25, 0.3) is 0 Å². The number of Topliss-reactive ketones (excluding diaryl/α,β-unsaturated/α-hetero) is 1. The van der Waals surface area contributed by atoms with E-state index in [0.717, 1.165) is 38.5 Å². The number of fused-ring (bicyclic) bond motifs is 2. The first kappa shape index (κ1) is 14.1. The maximum atomic E-state index is 12.2. The minimum absolute atomic E-state index is 0.160. The van der Waals surface area contributed by atoms with Crippen molar-refractivity contribution in [3.63, 3.8) is 0 Å². The average molecular weight is 296 g/mol. The first-order chi connectivity index (χ1) is 10.0. The van der Waals surface area contributed by atoms with Crippen molar-refractivity contribution >= 4 is 5.78 Å². The van der Waals surface area contributed by atoms with Gasteiger partial charge in [-0.15, -0.1) is 0 Å². The molecule has 2 aliphatic heterocycles. The second kappa shape index (κ2) is 5.01. The van der Waals surface area contributed by atoms with Crippen molar-refractivity contribution in [1.82, 2.24) is 0 Å². The zero-order chi connectivity index (χ0) is 14.6. The molecule has 0 amide bonds. The van der Waals surface area contributed by atoms with Gasteiger partial charge in [0.25, 0.3) is 0 Å². The average Bonchev–Trinajstić information content (AvgIpc) is 3.31. The Bertz CT molecular complexity index is 434. The normalized spacial score (nSPS) is 44.7. The summed E-state index contributed by atoms with van der Waals surface area (Å²) in [6, 6.07) is 0. The molecule has 2 N–H and O–H groups in total. The van der Waals surface area contributed by atoms with Gasteiger partial charge < -0.3 is 19.7 Å². The van der Waals surface area contributed by atoms with E-state index in [-0.39, 0.29) is 24.7 Å². The molecule has 4 aliphatic rings. The van der Waals surface area contributed by atoms with E-state index in [1.165, 1.54) is 0 Å². The van der Waals surface area contributed by atoms with Crippen LogP contribution in [0.1, 0.15) is 51.4 Å². The molecule has 118 valence electrons. The number of hydrogen-bond acceptors (Lipinski definition) is 5. The van der Waals surface area contributed by atoms with E-state index in [4.69, 9.17) is 9.47 Å². The van der Waals surface area contributed by atoms with Crippen LogP contribution in [0, 0.1) is 11.8 Å². The summed E-state index contributed by atoms with van der Waals surface area (Å²) in [5.74, 6) is -2.13. The summed E-state index contributed by atoms with van der Waals surface area (Å²) in [7, 11) is 0. The van der Waals surface area contributed by atoms with E-state index in [9.17, 15) is 15.0 Å². The fourth-order valence-electron chi connectivity index (χ4n) is 4.29. The standard InChI is InChI=1S/C16H24O5/c17-15(7-9-1-3-11-13(5-9)20-11)16(18,19)8-10-2-4-12-14(6-10)21-12/h9-14,18-19H,1-8H2. The van der Waals surface area contributed by atoms with Gasteiger partial charge in [-0.1, -0.05) is 0 Å². The van der Waals surface area contributed by atoms with Gasteiger partial charge in [0, 0.05) is 12.8 Å². The molecule has 0 aromatic carbocycles. The zero-order valence-electron chi connectivity index (χ0n) is 12.2. The second-order valence-corrected chi connectivity index (χ2v) is 7.43. The topological polar surface area (TPSA) is 82.6 Å². The number of rotatable bonds is 5. The van der Waals surface area contributed by atoms with Crippen LogP contribution in [0.2, 0.25) is 0 Å². The predicted octanol–water partition coefficient (Wildman–Crippen LogP) is 1.15. The Morgan fingerprint density at radius 2 is 1.48 bits per heavy atom. The van der Waals surface area contributed by atoms with Crippen LogP contribution < -0.4 is 0 Å². The maximum absolute atomic E-state index is 12.2. The Morgan fingerprint density at radius 1 is 0.905 bits per heavy atom. The minimum Gasteiger partial charge on any atom is -0.370 e. The van der Waals surface area contributed by atoms with Crippen LogP contribution in [0.15, 0.2) is 0 Å². The van der Waals surface area contributed by atoms with E-state index in [2.05, 4.69) is 0 Å². The van der Waals surface area contributed by atoms with Crippen LogP contribution in [-0.4, -0.2) is 46.2 Å². The van der Waals surface area contributed by atoms with Gasteiger partial charge in [-0.2, -0.15) is 0 Å². The summed E-state index contributed by atoms with van der Waals surface area (Å²) in [4.78, 5) is 12.2. The van der Waals surface area contributed by atoms with E-state index >= 15 is 0 Å². The number of ether oxygens (including phenoxy) is 2. The van der Waals surface area contributed by atoms with E-state index in [0.29, 0.717) is 24.4 Å². The van der Waals surface area contributed by atoms with Crippen molar-refractivity contribution < 1.29 is 24.5 Å². The lowest BCUT2D eigenvalue weighted by molar-refractivity contribution is -0.190. The Hall–Kier alpha value is -0.490. The van der Waals surface area contributed by atoms with Gasteiger partial charge in [0.2, 0.25) is 5.79 Å². The molecular formula is C16H24O5. The molecule has 0 aromatic heterocycles. The molecule has 5 nitrogen and oxygen atoms in total. The predicted molar refractivity (Wildman–Crippen MR) is 73.4 cm³/mol. The Kier molecular flexibility index (Phi) is 3.37. The van der Waals surface area contributed by atoms with Crippen LogP contribution in [0.4, 0.5) is 0 Å². The number of aliphatic hydroxyl groups is 2. The van der Waals surface area contributed by atoms with E-state index in [1.807, 2.05) is 0 Å². The molecule has 0 spiro atoms. The van der Waals surface area contributed by atoms with Crippen LogP contribution in [0.3, 0.4) is 0 Å². The van der Waals surface area contributed by atoms with Gasteiger partial charge in [0.15, 0.2) is 5.78 Å². The summed E-state index contributed by atoms with van der Waals surface area (Å²) < 4.78 is 10.9. The maximum Gasteiger partial charge on any atom is 0.224 e. The molecule has 2 saturated carbocycles. The highest BCUT2D eigenvalue weighted by atomic mass is 16.6. The van der Waals surface area contributed by atoms with E-state index in [1.54, 1.807) is 0 Å². The summed E-state index contributed by atoms with van der Waals surface area (Å²) in [5, 5.41) is 20.4. The van der Waals surface area contributed by atoms with Crippen molar-refractivity contribution in [2.75, 3.05) is 0 Å². The number of hydrogen-bond donors (Lipinski definition) is 2. The van der Waals surface area contributed by atoms with Crippen LogP contribution >= 0.6 is 0 Å². The molecule has 0 bridgehead atoms. The molecule has 0 aromatic rings.